The standard InChI is InChI=1S/C7H5N11/c1-2-8-15-12-5(1)10-7-6(13-17-18-14-7)4-3-9-16-11-4/h1-3H,(H,9,11,16)(H,8,10,12,14,17). The smallest absolute Gasteiger partial charge is 0.186 e. The Balaban J connectivity index is 1.98. The average Bonchev–Trinajstić information content (AvgIpc) is 2.94. The first kappa shape index (κ1) is 10.1. The molecule has 0 spiro atoms. The second-order valence-electron chi connectivity index (χ2n) is 3.07. The van der Waals surface area contributed by atoms with Crippen LogP contribution in [0.2, 0.25) is 0 Å². The Morgan fingerprint density at radius 2 is 1.94 bits per heavy atom. The first-order chi connectivity index (χ1) is 8.93. The van der Waals surface area contributed by atoms with Crippen LogP contribution in [0, 0.1) is 0 Å². The third kappa shape index (κ3) is 1.91. The molecule has 0 saturated carbocycles. The molecule has 11 nitrogen and oxygen atoms in total. The van der Waals surface area contributed by atoms with Crippen LogP contribution in [0.15, 0.2) is 18.5 Å². The van der Waals surface area contributed by atoms with Gasteiger partial charge in [-0.25, -0.2) is 0 Å². The summed E-state index contributed by atoms with van der Waals surface area (Å²) in [7, 11) is 0. The van der Waals surface area contributed by atoms with E-state index in [1.165, 1.54) is 6.20 Å². The van der Waals surface area contributed by atoms with Crippen molar-refractivity contribution < 1.29 is 0 Å². The molecule has 88 valence electrons. The molecule has 3 aromatic heterocycles. The predicted molar refractivity (Wildman–Crippen MR) is 56.1 cm³/mol. The van der Waals surface area contributed by atoms with E-state index < -0.39 is 0 Å². The Labute approximate surface area is 99.1 Å². The summed E-state index contributed by atoms with van der Waals surface area (Å²) in [6.45, 7) is 0. The fraction of sp³-hybridized carbons (Fsp3) is 0. The summed E-state index contributed by atoms with van der Waals surface area (Å²) in [6, 6.07) is 1.63. The molecule has 0 aromatic carbocycles. The van der Waals surface area contributed by atoms with Crippen molar-refractivity contribution in [1.82, 2.24) is 51.4 Å². The van der Waals surface area contributed by atoms with Gasteiger partial charge in [0.2, 0.25) is 0 Å². The SMILES string of the molecule is c1cc(Nc2nnnnc2-c2c[nH]nn2)nnn1. The fourth-order valence-corrected chi connectivity index (χ4v) is 1.23. The van der Waals surface area contributed by atoms with Gasteiger partial charge in [-0.2, -0.15) is 0 Å². The lowest BCUT2D eigenvalue weighted by Gasteiger charge is -2.03. The van der Waals surface area contributed by atoms with Gasteiger partial charge in [0.25, 0.3) is 0 Å². The van der Waals surface area contributed by atoms with E-state index >= 15 is 0 Å². The lowest BCUT2D eigenvalue weighted by Crippen LogP contribution is -2.05. The van der Waals surface area contributed by atoms with E-state index in [-0.39, 0.29) is 0 Å². The highest BCUT2D eigenvalue weighted by molar-refractivity contribution is 5.69. The van der Waals surface area contributed by atoms with Gasteiger partial charge in [0.15, 0.2) is 17.3 Å². The van der Waals surface area contributed by atoms with Crippen LogP contribution in [-0.2, 0) is 0 Å². The average molecular weight is 243 g/mol. The molecule has 3 aromatic rings. The van der Waals surface area contributed by atoms with Crippen molar-refractivity contribution >= 4 is 11.6 Å². The van der Waals surface area contributed by atoms with Crippen LogP contribution in [-0.4, -0.2) is 51.4 Å². The number of hydrogen-bond donors (Lipinski definition) is 2. The van der Waals surface area contributed by atoms with Crippen LogP contribution in [0.25, 0.3) is 11.4 Å². The van der Waals surface area contributed by atoms with E-state index in [9.17, 15) is 0 Å². The Morgan fingerprint density at radius 3 is 2.72 bits per heavy atom. The topological polar surface area (TPSA) is 144 Å². The second kappa shape index (κ2) is 4.40. The first-order valence-corrected chi connectivity index (χ1v) is 4.78. The molecule has 0 radical (unpaired) electrons. The predicted octanol–water partition coefficient (Wildman–Crippen LogP) is -1.02. The Kier molecular flexibility index (Phi) is 2.46. The molecule has 0 bridgehead atoms. The highest BCUT2D eigenvalue weighted by Gasteiger charge is 2.12. The monoisotopic (exact) mass is 243 g/mol. The zero-order chi connectivity index (χ0) is 12.2. The second-order valence-corrected chi connectivity index (χ2v) is 3.07. The molecule has 3 heterocycles. The van der Waals surface area contributed by atoms with Crippen LogP contribution < -0.4 is 5.32 Å². The lowest BCUT2D eigenvalue weighted by atomic mass is 10.3. The van der Waals surface area contributed by atoms with Gasteiger partial charge in [-0.15, -0.1) is 25.5 Å². The van der Waals surface area contributed by atoms with Crippen LogP contribution >= 0.6 is 0 Å². The number of aromatic nitrogens is 10. The minimum absolute atomic E-state index is 0.347. The number of nitrogens with zero attached hydrogens (tertiary/aromatic N) is 9. The minimum Gasteiger partial charge on any atom is -0.320 e. The fourth-order valence-electron chi connectivity index (χ4n) is 1.23. The van der Waals surface area contributed by atoms with E-state index in [4.69, 9.17) is 0 Å². The van der Waals surface area contributed by atoms with E-state index in [2.05, 4.69) is 56.8 Å². The lowest BCUT2D eigenvalue weighted by molar-refractivity contribution is 0.768. The molecule has 0 atom stereocenters. The number of rotatable bonds is 3. The molecule has 0 aliphatic heterocycles. The largest absolute Gasteiger partial charge is 0.320 e. The molecule has 0 aliphatic carbocycles. The number of aromatic amines is 1. The van der Waals surface area contributed by atoms with E-state index in [1.807, 2.05) is 0 Å². The molecule has 0 amide bonds. The molecule has 11 heteroatoms. The quantitative estimate of drug-likeness (QED) is 0.586. The highest BCUT2D eigenvalue weighted by Crippen LogP contribution is 2.21. The Morgan fingerprint density at radius 1 is 1.00 bits per heavy atom. The molecule has 3 rings (SSSR count). The molecular formula is C7H5N11. The zero-order valence-electron chi connectivity index (χ0n) is 8.76. The van der Waals surface area contributed by atoms with Gasteiger partial charge in [-0.05, 0) is 15.6 Å². The van der Waals surface area contributed by atoms with E-state index in [0.717, 1.165) is 0 Å². The summed E-state index contributed by atoms with van der Waals surface area (Å²) in [5, 5.41) is 38.3. The maximum absolute atomic E-state index is 3.84. The zero-order valence-corrected chi connectivity index (χ0v) is 8.76. The van der Waals surface area contributed by atoms with Crippen molar-refractivity contribution in [3.05, 3.63) is 18.5 Å². The number of hydrogen-bond acceptors (Lipinski definition) is 10. The summed E-state index contributed by atoms with van der Waals surface area (Å²) in [4.78, 5) is 0. The van der Waals surface area contributed by atoms with Gasteiger partial charge in [-0.1, -0.05) is 5.21 Å². The van der Waals surface area contributed by atoms with Crippen LogP contribution in [0.1, 0.15) is 0 Å². The van der Waals surface area contributed by atoms with Gasteiger partial charge >= 0.3 is 0 Å². The molecule has 0 aliphatic rings. The molecule has 18 heavy (non-hydrogen) atoms. The maximum Gasteiger partial charge on any atom is 0.186 e. The van der Waals surface area contributed by atoms with Crippen molar-refractivity contribution in [2.24, 2.45) is 0 Å². The normalized spacial score (nSPS) is 10.2. The Hall–Kier alpha value is -3.11. The minimum atomic E-state index is 0.347. The Bertz CT molecular complexity index is 621. The van der Waals surface area contributed by atoms with Crippen LogP contribution in [0.3, 0.4) is 0 Å². The summed E-state index contributed by atoms with van der Waals surface area (Å²) < 4.78 is 0. The van der Waals surface area contributed by atoms with Crippen molar-refractivity contribution in [3.8, 4) is 11.4 Å². The van der Waals surface area contributed by atoms with E-state index in [1.54, 1.807) is 12.3 Å². The number of H-pyrrole nitrogens is 1. The van der Waals surface area contributed by atoms with Crippen molar-refractivity contribution in [3.63, 3.8) is 0 Å². The van der Waals surface area contributed by atoms with Crippen LogP contribution in [0.4, 0.5) is 11.6 Å². The first-order valence-electron chi connectivity index (χ1n) is 4.78. The molecule has 0 unspecified atom stereocenters. The van der Waals surface area contributed by atoms with Crippen molar-refractivity contribution in [2.45, 2.75) is 0 Å². The van der Waals surface area contributed by atoms with E-state index in [0.29, 0.717) is 23.0 Å². The third-order valence-corrected chi connectivity index (χ3v) is 1.96. The summed E-state index contributed by atoms with van der Waals surface area (Å²) in [5.74, 6) is 0.802. The van der Waals surface area contributed by atoms with Gasteiger partial charge in [0, 0.05) is 6.07 Å². The third-order valence-electron chi connectivity index (χ3n) is 1.96. The van der Waals surface area contributed by atoms with Crippen LogP contribution in [0.5, 0.6) is 0 Å². The van der Waals surface area contributed by atoms with Gasteiger partial charge in [0.1, 0.15) is 5.69 Å². The van der Waals surface area contributed by atoms with Gasteiger partial charge in [0.05, 0.1) is 12.4 Å². The summed E-state index contributed by atoms with van der Waals surface area (Å²) in [5.41, 5.74) is 0.888. The summed E-state index contributed by atoms with van der Waals surface area (Å²) in [6.07, 6.45) is 3.06. The highest BCUT2D eigenvalue weighted by atomic mass is 15.5. The van der Waals surface area contributed by atoms with Gasteiger partial charge < -0.3 is 5.32 Å². The molecule has 2 N–H and O–H groups in total. The summed E-state index contributed by atoms with van der Waals surface area (Å²) >= 11 is 0. The molecular weight excluding hydrogens is 238 g/mol. The van der Waals surface area contributed by atoms with Gasteiger partial charge in [-0.3, -0.25) is 5.10 Å². The molecule has 0 fully saturated rings. The molecule has 0 saturated heterocycles. The maximum atomic E-state index is 3.84. The number of nitrogens with one attached hydrogen (secondary N) is 2. The van der Waals surface area contributed by atoms with Crippen molar-refractivity contribution in [2.75, 3.05) is 5.32 Å². The van der Waals surface area contributed by atoms with Crippen molar-refractivity contribution in [1.29, 1.82) is 0 Å². The number of anilines is 2.